The summed E-state index contributed by atoms with van der Waals surface area (Å²) in [6.07, 6.45) is 5.61. The van der Waals surface area contributed by atoms with Gasteiger partial charge in [-0.3, -0.25) is 9.78 Å². The molecule has 0 saturated heterocycles. The van der Waals surface area contributed by atoms with Gasteiger partial charge in [0.1, 0.15) is 11.6 Å². The van der Waals surface area contributed by atoms with Crippen molar-refractivity contribution in [3.63, 3.8) is 0 Å². The molecule has 3 rings (SSSR count). The second kappa shape index (κ2) is 6.09. The number of carbonyl (C=O) groups excluding carboxylic acids is 1. The Hall–Kier alpha value is -2.50. The van der Waals surface area contributed by atoms with E-state index in [4.69, 9.17) is 0 Å². The standard InChI is InChI=1S/C16H17FN4O/c1-11(22)21-7-4-15(20-16-9-18-5-6-19-16)14-3-2-13(17)8-12(14)10-21/h2-3,5-6,8-9,15H,4,7,10H2,1H3,(H,19,20)/t15-/m1/s1. The van der Waals surface area contributed by atoms with Crippen LogP contribution in [0.15, 0.2) is 36.8 Å². The molecule has 1 amide bonds. The Morgan fingerprint density at radius 3 is 3.00 bits per heavy atom. The number of benzene rings is 1. The van der Waals surface area contributed by atoms with Gasteiger partial charge in [0.2, 0.25) is 5.91 Å². The van der Waals surface area contributed by atoms with Crippen LogP contribution in [0.4, 0.5) is 10.2 Å². The number of rotatable bonds is 2. The monoisotopic (exact) mass is 300 g/mol. The minimum atomic E-state index is -0.289. The number of anilines is 1. The van der Waals surface area contributed by atoms with Crippen LogP contribution in [0.3, 0.4) is 0 Å². The molecule has 5 nitrogen and oxygen atoms in total. The maximum Gasteiger partial charge on any atom is 0.219 e. The first-order valence-electron chi connectivity index (χ1n) is 7.20. The number of hydrogen-bond acceptors (Lipinski definition) is 4. The van der Waals surface area contributed by atoms with E-state index in [1.165, 1.54) is 19.1 Å². The van der Waals surface area contributed by atoms with E-state index in [1.807, 2.05) is 0 Å². The molecule has 114 valence electrons. The minimum absolute atomic E-state index is 0.00429. The molecule has 1 N–H and O–H groups in total. The van der Waals surface area contributed by atoms with Gasteiger partial charge in [-0.05, 0) is 29.7 Å². The molecule has 1 aliphatic rings. The normalized spacial score (nSPS) is 17.5. The topological polar surface area (TPSA) is 58.1 Å². The summed E-state index contributed by atoms with van der Waals surface area (Å²) in [5.41, 5.74) is 1.82. The van der Waals surface area contributed by atoms with E-state index in [9.17, 15) is 9.18 Å². The first-order valence-corrected chi connectivity index (χ1v) is 7.20. The van der Waals surface area contributed by atoms with E-state index in [-0.39, 0.29) is 17.8 Å². The van der Waals surface area contributed by atoms with Crippen LogP contribution in [0.1, 0.15) is 30.5 Å². The van der Waals surface area contributed by atoms with Crippen LogP contribution in [-0.2, 0) is 11.3 Å². The fourth-order valence-corrected chi connectivity index (χ4v) is 2.75. The Labute approximate surface area is 128 Å². The summed E-state index contributed by atoms with van der Waals surface area (Å²) in [7, 11) is 0. The van der Waals surface area contributed by atoms with Crippen LogP contribution in [0.2, 0.25) is 0 Å². The molecule has 1 aromatic heterocycles. The van der Waals surface area contributed by atoms with Gasteiger partial charge in [0.25, 0.3) is 0 Å². The van der Waals surface area contributed by atoms with E-state index < -0.39 is 0 Å². The van der Waals surface area contributed by atoms with Crippen LogP contribution >= 0.6 is 0 Å². The summed E-state index contributed by atoms with van der Waals surface area (Å²) in [4.78, 5) is 21.7. The largest absolute Gasteiger partial charge is 0.362 e. The zero-order valence-corrected chi connectivity index (χ0v) is 12.3. The van der Waals surface area contributed by atoms with Gasteiger partial charge in [0.15, 0.2) is 0 Å². The first kappa shape index (κ1) is 14.4. The van der Waals surface area contributed by atoms with Gasteiger partial charge in [0, 0.05) is 32.4 Å². The lowest BCUT2D eigenvalue weighted by Gasteiger charge is -2.19. The Morgan fingerprint density at radius 2 is 2.27 bits per heavy atom. The average molecular weight is 300 g/mol. The molecule has 0 bridgehead atoms. The van der Waals surface area contributed by atoms with Gasteiger partial charge in [-0.2, -0.15) is 0 Å². The van der Waals surface area contributed by atoms with Crippen molar-refractivity contribution < 1.29 is 9.18 Å². The van der Waals surface area contributed by atoms with Gasteiger partial charge in [0.05, 0.1) is 12.2 Å². The third kappa shape index (κ3) is 3.05. The number of nitrogens with zero attached hydrogens (tertiary/aromatic N) is 3. The second-order valence-electron chi connectivity index (χ2n) is 5.36. The lowest BCUT2D eigenvalue weighted by molar-refractivity contribution is -0.129. The van der Waals surface area contributed by atoms with Crippen LogP contribution in [-0.4, -0.2) is 27.3 Å². The number of nitrogens with one attached hydrogen (secondary N) is 1. The first-order chi connectivity index (χ1) is 10.6. The highest BCUT2D eigenvalue weighted by molar-refractivity contribution is 5.73. The summed E-state index contributed by atoms with van der Waals surface area (Å²) >= 11 is 0. The zero-order valence-electron chi connectivity index (χ0n) is 12.3. The summed E-state index contributed by atoms with van der Waals surface area (Å²) < 4.78 is 13.6. The van der Waals surface area contributed by atoms with Crippen molar-refractivity contribution in [3.05, 3.63) is 53.7 Å². The SMILES string of the molecule is CC(=O)N1CC[C@@H](Nc2cnccn2)c2ccc(F)cc2C1. The lowest BCUT2D eigenvalue weighted by atomic mass is 9.99. The molecule has 0 unspecified atom stereocenters. The van der Waals surface area contributed by atoms with Crippen LogP contribution in [0, 0.1) is 5.82 Å². The fourth-order valence-electron chi connectivity index (χ4n) is 2.75. The predicted octanol–water partition coefficient (Wildman–Crippen LogP) is 2.52. The average Bonchev–Trinajstić information content (AvgIpc) is 2.68. The summed E-state index contributed by atoms with van der Waals surface area (Å²) in [5.74, 6) is 0.372. The zero-order chi connectivity index (χ0) is 15.5. The molecular weight excluding hydrogens is 283 g/mol. The van der Waals surface area contributed by atoms with Crippen molar-refractivity contribution in [2.75, 3.05) is 11.9 Å². The highest BCUT2D eigenvalue weighted by atomic mass is 19.1. The van der Waals surface area contributed by atoms with E-state index in [0.29, 0.717) is 18.9 Å². The minimum Gasteiger partial charge on any atom is -0.362 e. The lowest BCUT2D eigenvalue weighted by Crippen LogP contribution is -2.28. The molecule has 6 heteroatoms. The molecule has 0 radical (unpaired) electrons. The molecule has 2 heterocycles. The summed E-state index contributed by atoms with van der Waals surface area (Å²) in [6.45, 7) is 2.58. The smallest absolute Gasteiger partial charge is 0.219 e. The highest BCUT2D eigenvalue weighted by Gasteiger charge is 2.24. The van der Waals surface area contributed by atoms with Gasteiger partial charge in [-0.25, -0.2) is 9.37 Å². The second-order valence-corrected chi connectivity index (χ2v) is 5.36. The number of aromatic nitrogens is 2. The van der Waals surface area contributed by atoms with Gasteiger partial charge in [-0.15, -0.1) is 0 Å². The van der Waals surface area contributed by atoms with Gasteiger partial charge >= 0.3 is 0 Å². The highest BCUT2D eigenvalue weighted by Crippen LogP contribution is 2.29. The van der Waals surface area contributed by atoms with Crippen LogP contribution < -0.4 is 5.32 Å². The molecule has 22 heavy (non-hydrogen) atoms. The quantitative estimate of drug-likeness (QED) is 0.926. The van der Waals surface area contributed by atoms with Crippen LogP contribution in [0.5, 0.6) is 0 Å². The van der Waals surface area contributed by atoms with Crippen molar-refractivity contribution in [1.29, 1.82) is 0 Å². The predicted molar refractivity (Wildman–Crippen MR) is 80.5 cm³/mol. The Morgan fingerprint density at radius 1 is 1.41 bits per heavy atom. The van der Waals surface area contributed by atoms with Gasteiger partial charge in [-0.1, -0.05) is 6.07 Å². The van der Waals surface area contributed by atoms with Crippen molar-refractivity contribution in [3.8, 4) is 0 Å². The van der Waals surface area contributed by atoms with E-state index >= 15 is 0 Å². The fraction of sp³-hybridized carbons (Fsp3) is 0.312. The van der Waals surface area contributed by atoms with Crippen molar-refractivity contribution >= 4 is 11.7 Å². The Kier molecular flexibility index (Phi) is 4.00. The molecule has 0 fully saturated rings. The van der Waals surface area contributed by atoms with Crippen molar-refractivity contribution in [2.24, 2.45) is 0 Å². The van der Waals surface area contributed by atoms with Crippen LogP contribution in [0.25, 0.3) is 0 Å². The number of hydrogen-bond donors (Lipinski definition) is 1. The molecule has 0 spiro atoms. The maximum atomic E-state index is 13.6. The Bertz CT molecular complexity index is 677. The molecule has 2 aromatic rings. The molecule has 1 aromatic carbocycles. The summed E-state index contributed by atoms with van der Waals surface area (Å²) in [5, 5.41) is 3.32. The number of amides is 1. The molecule has 0 aliphatic carbocycles. The molecule has 0 saturated carbocycles. The van der Waals surface area contributed by atoms with Crippen molar-refractivity contribution in [2.45, 2.75) is 25.9 Å². The maximum absolute atomic E-state index is 13.6. The van der Waals surface area contributed by atoms with E-state index in [0.717, 1.165) is 17.5 Å². The van der Waals surface area contributed by atoms with Gasteiger partial charge < -0.3 is 10.2 Å². The van der Waals surface area contributed by atoms with E-state index in [2.05, 4.69) is 15.3 Å². The number of carbonyl (C=O) groups is 1. The summed E-state index contributed by atoms with van der Waals surface area (Å²) in [6, 6.07) is 4.70. The number of halogens is 1. The molecule has 1 aliphatic heterocycles. The number of fused-ring (bicyclic) bond motifs is 1. The molecular formula is C16H17FN4O. The Balaban J connectivity index is 1.93. The third-order valence-corrected chi connectivity index (χ3v) is 3.86. The van der Waals surface area contributed by atoms with Crippen molar-refractivity contribution in [1.82, 2.24) is 14.9 Å². The third-order valence-electron chi connectivity index (χ3n) is 3.86. The molecule has 1 atom stereocenters. The van der Waals surface area contributed by atoms with E-state index in [1.54, 1.807) is 29.6 Å².